The molecule has 0 unspecified atom stereocenters. The highest BCUT2D eigenvalue weighted by Gasteiger charge is 2.19. The second-order valence-corrected chi connectivity index (χ2v) is 4.24. The van der Waals surface area contributed by atoms with Gasteiger partial charge in [-0.05, 0) is 12.1 Å². The average molecular weight is 301 g/mol. The van der Waals surface area contributed by atoms with E-state index in [1.165, 1.54) is 4.68 Å². The number of aromatic amines is 1. The maximum Gasteiger partial charge on any atom is 0.285 e. The van der Waals surface area contributed by atoms with Gasteiger partial charge < -0.3 is 4.98 Å². The summed E-state index contributed by atoms with van der Waals surface area (Å²) < 4.78 is 1.20. The Bertz CT molecular complexity index is 932. The van der Waals surface area contributed by atoms with E-state index in [-0.39, 0.29) is 23.9 Å². The minimum atomic E-state index is -0.256. The van der Waals surface area contributed by atoms with Gasteiger partial charge in [0.1, 0.15) is 5.69 Å². The number of hydrogen-bond donors (Lipinski definition) is 1. The summed E-state index contributed by atoms with van der Waals surface area (Å²) in [6, 6.07) is 3.52. The molecule has 2 aliphatic rings. The number of nitrogens with zero attached hydrogens (tertiary/aromatic N) is 5. The van der Waals surface area contributed by atoms with Crippen LogP contribution in [0.1, 0.15) is 0 Å². The second-order valence-electron chi connectivity index (χ2n) is 4.24. The van der Waals surface area contributed by atoms with E-state index in [0.29, 0.717) is 11.3 Å². The largest absolute Gasteiger partial charge is 0.360 e. The van der Waals surface area contributed by atoms with Crippen LogP contribution in [0.3, 0.4) is 0 Å². The molecule has 1 N–H and O–H groups in total. The van der Waals surface area contributed by atoms with Crippen molar-refractivity contribution in [1.82, 2.24) is 29.7 Å². The maximum absolute atomic E-state index is 12.4. The fourth-order valence-electron chi connectivity index (χ4n) is 2.14. The van der Waals surface area contributed by atoms with Crippen molar-refractivity contribution in [2.45, 2.75) is 0 Å². The van der Waals surface area contributed by atoms with Gasteiger partial charge in [0.15, 0.2) is 0 Å². The predicted octanol–water partition coefficient (Wildman–Crippen LogP) is 1.43. The quantitative estimate of drug-likeness (QED) is 0.574. The van der Waals surface area contributed by atoms with Crippen molar-refractivity contribution in [1.29, 1.82) is 0 Å². The van der Waals surface area contributed by atoms with Gasteiger partial charge >= 0.3 is 0 Å². The third kappa shape index (κ3) is 1.95. The highest BCUT2D eigenvalue weighted by Crippen LogP contribution is 2.24. The minimum absolute atomic E-state index is 0. The Balaban J connectivity index is 0.00000132. The molecule has 4 rings (SSSR count). The molecule has 0 amide bonds. The number of fused-ring (bicyclic) bond motifs is 3. The minimum Gasteiger partial charge on any atom is -0.360 e. The molecule has 0 fully saturated rings. The van der Waals surface area contributed by atoms with Gasteiger partial charge in [-0.15, -0.1) is 12.4 Å². The van der Waals surface area contributed by atoms with E-state index in [1.54, 1.807) is 37.1 Å². The molecule has 21 heavy (non-hydrogen) atoms. The van der Waals surface area contributed by atoms with Crippen LogP contribution in [-0.4, -0.2) is 29.7 Å². The van der Waals surface area contributed by atoms with Gasteiger partial charge in [-0.3, -0.25) is 9.78 Å². The lowest BCUT2D eigenvalue weighted by Gasteiger charge is -2.00. The third-order valence-electron chi connectivity index (χ3n) is 3.07. The molecule has 0 aromatic carbocycles. The van der Waals surface area contributed by atoms with Crippen LogP contribution in [0.25, 0.3) is 28.1 Å². The van der Waals surface area contributed by atoms with Gasteiger partial charge in [0.25, 0.3) is 11.5 Å². The fourth-order valence-corrected chi connectivity index (χ4v) is 2.14. The standard InChI is InChI=1S/C13H8N6O.ClH/c20-12-9-7-17-10-2-5-14-6-8(10)11(9)18-19(12)13-15-3-1-4-16-13;/h1-7,17H;1H. The molecule has 104 valence electrons. The third-order valence-corrected chi connectivity index (χ3v) is 3.07. The number of aromatic nitrogens is 6. The summed E-state index contributed by atoms with van der Waals surface area (Å²) in [5, 5.41) is 5.12. The summed E-state index contributed by atoms with van der Waals surface area (Å²) in [5.41, 5.74) is 1.68. The van der Waals surface area contributed by atoms with Crippen molar-refractivity contribution in [2.75, 3.05) is 0 Å². The molecule has 0 aliphatic carbocycles. The van der Waals surface area contributed by atoms with E-state index in [9.17, 15) is 4.79 Å². The van der Waals surface area contributed by atoms with Crippen molar-refractivity contribution in [2.24, 2.45) is 0 Å². The van der Waals surface area contributed by atoms with Gasteiger partial charge in [-0.25, -0.2) is 9.97 Å². The van der Waals surface area contributed by atoms with Crippen molar-refractivity contribution in [3.8, 4) is 17.2 Å². The Kier molecular flexibility index (Phi) is 3.11. The van der Waals surface area contributed by atoms with Crippen LogP contribution in [0.2, 0.25) is 0 Å². The Morgan fingerprint density at radius 2 is 1.95 bits per heavy atom. The molecule has 8 heteroatoms. The summed E-state index contributed by atoms with van der Waals surface area (Å²) >= 11 is 0. The van der Waals surface area contributed by atoms with Crippen molar-refractivity contribution < 1.29 is 0 Å². The van der Waals surface area contributed by atoms with E-state index in [4.69, 9.17) is 0 Å². The Morgan fingerprint density at radius 1 is 1.14 bits per heavy atom. The van der Waals surface area contributed by atoms with Crippen molar-refractivity contribution >= 4 is 23.3 Å². The van der Waals surface area contributed by atoms with Gasteiger partial charge in [0.05, 0.1) is 11.1 Å². The Morgan fingerprint density at radius 3 is 2.76 bits per heavy atom. The fraction of sp³-hybridized carbons (Fsp3) is 0. The lowest BCUT2D eigenvalue weighted by molar-refractivity contribution is 0.790. The zero-order valence-electron chi connectivity index (χ0n) is 10.6. The van der Waals surface area contributed by atoms with Gasteiger partial charge in [-0.1, -0.05) is 0 Å². The first kappa shape index (κ1) is 13.2. The lowest BCUT2D eigenvalue weighted by Crippen LogP contribution is -2.16. The predicted molar refractivity (Wildman–Crippen MR) is 78.9 cm³/mol. The maximum atomic E-state index is 12.4. The molecule has 2 aromatic heterocycles. The van der Waals surface area contributed by atoms with E-state index in [2.05, 4.69) is 25.0 Å². The van der Waals surface area contributed by atoms with Crippen LogP contribution in [0.15, 0.2) is 47.9 Å². The smallest absolute Gasteiger partial charge is 0.285 e. The summed E-state index contributed by atoms with van der Waals surface area (Å²) in [5.74, 6) is 0.255. The molecule has 0 bridgehead atoms. The molecule has 0 atom stereocenters. The molecule has 4 heterocycles. The molecule has 0 saturated carbocycles. The molecular weight excluding hydrogens is 292 g/mol. The van der Waals surface area contributed by atoms with E-state index < -0.39 is 0 Å². The second kappa shape index (κ2) is 4.95. The topological polar surface area (TPSA) is 89.4 Å². The van der Waals surface area contributed by atoms with Crippen LogP contribution in [0.5, 0.6) is 0 Å². The monoisotopic (exact) mass is 300 g/mol. The number of nitrogens with one attached hydrogen (secondary N) is 1. The first-order valence-corrected chi connectivity index (χ1v) is 5.96. The van der Waals surface area contributed by atoms with Gasteiger partial charge in [0.2, 0.25) is 0 Å². The average Bonchev–Trinajstić information content (AvgIpc) is 2.86. The van der Waals surface area contributed by atoms with E-state index >= 15 is 0 Å². The normalized spacial score (nSPS) is 10.7. The molecule has 2 aromatic rings. The number of pyridine rings is 2. The molecular formula is C13H9ClN6O. The lowest BCUT2D eigenvalue weighted by atomic mass is 10.1. The first-order valence-electron chi connectivity index (χ1n) is 5.96. The number of hydrogen-bond acceptors (Lipinski definition) is 5. The number of halogens is 1. The molecule has 0 spiro atoms. The molecule has 0 saturated heterocycles. The first-order chi connectivity index (χ1) is 9.84. The van der Waals surface area contributed by atoms with Crippen LogP contribution in [-0.2, 0) is 0 Å². The molecule has 0 radical (unpaired) electrons. The molecule has 2 aliphatic heterocycles. The number of H-pyrrole nitrogens is 1. The van der Waals surface area contributed by atoms with Crippen LogP contribution in [0, 0.1) is 0 Å². The SMILES string of the molecule is Cl.O=c1c2c[nH]c3ccncc3c-2nn1-c1ncccn1. The van der Waals surface area contributed by atoms with Crippen LogP contribution < -0.4 is 5.56 Å². The van der Waals surface area contributed by atoms with Crippen LogP contribution in [0.4, 0.5) is 0 Å². The summed E-state index contributed by atoms with van der Waals surface area (Å²) in [6.07, 6.45) is 8.14. The summed E-state index contributed by atoms with van der Waals surface area (Å²) in [4.78, 5) is 27.6. The van der Waals surface area contributed by atoms with E-state index in [1.807, 2.05) is 6.07 Å². The summed E-state index contributed by atoms with van der Waals surface area (Å²) in [7, 11) is 0. The molecule has 7 nitrogen and oxygen atoms in total. The van der Waals surface area contributed by atoms with E-state index in [0.717, 1.165) is 10.9 Å². The number of rotatable bonds is 1. The Hall–Kier alpha value is -2.80. The summed E-state index contributed by atoms with van der Waals surface area (Å²) in [6.45, 7) is 0. The highest BCUT2D eigenvalue weighted by molar-refractivity contribution is 5.92. The van der Waals surface area contributed by atoms with Crippen molar-refractivity contribution in [3.05, 3.63) is 53.5 Å². The van der Waals surface area contributed by atoms with Gasteiger partial charge in [-0.2, -0.15) is 9.78 Å². The highest BCUT2D eigenvalue weighted by atomic mass is 35.5. The zero-order chi connectivity index (χ0) is 13.5. The zero-order valence-corrected chi connectivity index (χ0v) is 11.4. The van der Waals surface area contributed by atoms with Crippen molar-refractivity contribution in [3.63, 3.8) is 0 Å². The Labute approximate surface area is 124 Å². The van der Waals surface area contributed by atoms with Crippen LogP contribution >= 0.6 is 12.4 Å². The van der Waals surface area contributed by atoms with Gasteiger partial charge in [0, 0.05) is 36.4 Å².